The van der Waals surface area contributed by atoms with Gasteiger partial charge in [-0.15, -0.1) is 0 Å². The zero-order valence-corrected chi connectivity index (χ0v) is 12.9. The minimum absolute atomic E-state index is 0.0594. The monoisotopic (exact) mass is 311 g/mol. The number of thiazole rings is 1. The lowest BCUT2D eigenvalue weighted by atomic mass is 10.2. The van der Waals surface area contributed by atoms with E-state index >= 15 is 0 Å². The maximum atomic E-state index is 12.0. The van der Waals surface area contributed by atoms with Crippen molar-refractivity contribution in [2.75, 3.05) is 4.72 Å². The lowest BCUT2D eigenvalue weighted by molar-refractivity contribution is 0.557. The van der Waals surface area contributed by atoms with Crippen molar-refractivity contribution < 1.29 is 8.42 Å². The van der Waals surface area contributed by atoms with Gasteiger partial charge in [-0.1, -0.05) is 30.2 Å². The Hall–Kier alpha value is -1.18. The van der Waals surface area contributed by atoms with E-state index in [1.165, 1.54) is 11.3 Å². The average molecular weight is 311 g/mol. The van der Waals surface area contributed by atoms with Crippen LogP contribution in [0.1, 0.15) is 31.2 Å². The third-order valence-corrected chi connectivity index (χ3v) is 5.61. The number of nitrogens with one attached hydrogen (secondary N) is 2. The Bertz CT molecular complexity index is 718. The van der Waals surface area contributed by atoms with Crippen LogP contribution in [0.4, 0.5) is 5.13 Å². The second kappa shape index (κ2) is 5.31. The van der Waals surface area contributed by atoms with E-state index in [9.17, 15) is 8.42 Å². The van der Waals surface area contributed by atoms with Crippen LogP contribution in [0.2, 0.25) is 0 Å². The molecule has 0 aliphatic heterocycles. The fourth-order valence-corrected chi connectivity index (χ4v) is 4.80. The van der Waals surface area contributed by atoms with Gasteiger partial charge >= 0.3 is 10.2 Å². The number of aryl methyl sites for hydroxylation is 1. The number of aromatic nitrogens is 1. The Morgan fingerprint density at radius 3 is 2.80 bits per heavy atom. The van der Waals surface area contributed by atoms with Crippen LogP contribution in [0, 0.1) is 6.92 Å². The Morgan fingerprint density at radius 1 is 1.30 bits per heavy atom. The first kappa shape index (κ1) is 13.8. The quantitative estimate of drug-likeness (QED) is 0.912. The molecule has 2 aromatic rings. The summed E-state index contributed by atoms with van der Waals surface area (Å²) in [7, 11) is -3.53. The van der Waals surface area contributed by atoms with Crippen LogP contribution < -0.4 is 9.44 Å². The first-order valence-corrected chi connectivity index (χ1v) is 8.99. The number of rotatable bonds is 4. The van der Waals surface area contributed by atoms with Gasteiger partial charge < -0.3 is 0 Å². The van der Waals surface area contributed by atoms with Gasteiger partial charge in [0.1, 0.15) is 0 Å². The predicted octanol–water partition coefficient (Wildman–Crippen LogP) is 2.79. The molecule has 0 radical (unpaired) electrons. The summed E-state index contributed by atoms with van der Waals surface area (Å²) >= 11 is 1.35. The van der Waals surface area contributed by atoms with Gasteiger partial charge in [-0.2, -0.15) is 13.1 Å². The predicted molar refractivity (Wildman–Crippen MR) is 82.3 cm³/mol. The van der Waals surface area contributed by atoms with Gasteiger partial charge in [-0.3, -0.25) is 0 Å². The summed E-state index contributed by atoms with van der Waals surface area (Å²) < 4.78 is 30.3. The van der Waals surface area contributed by atoms with E-state index in [0.29, 0.717) is 5.13 Å². The summed E-state index contributed by atoms with van der Waals surface area (Å²) in [4.78, 5) is 4.30. The standard InChI is InChI=1S/C13H17N3O2S2/c1-9-6-7-11-12(8-9)19-13(14-11)16-20(17,18)15-10-4-2-3-5-10/h6-8,10,15H,2-5H2,1H3,(H,14,16). The van der Waals surface area contributed by atoms with Crippen molar-refractivity contribution >= 4 is 36.9 Å². The highest BCUT2D eigenvalue weighted by Crippen LogP contribution is 2.27. The van der Waals surface area contributed by atoms with Crippen molar-refractivity contribution in [3.8, 4) is 0 Å². The smallest absolute Gasteiger partial charge is 0.246 e. The zero-order valence-electron chi connectivity index (χ0n) is 11.2. The molecular weight excluding hydrogens is 294 g/mol. The van der Waals surface area contributed by atoms with Crippen LogP contribution in [0.3, 0.4) is 0 Å². The van der Waals surface area contributed by atoms with Crippen LogP contribution in [-0.4, -0.2) is 19.4 Å². The van der Waals surface area contributed by atoms with E-state index in [4.69, 9.17) is 0 Å². The summed E-state index contributed by atoms with van der Waals surface area (Å²) in [6, 6.07) is 5.94. The molecule has 1 aromatic carbocycles. The summed E-state index contributed by atoms with van der Waals surface area (Å²) in [5.41, 5.74) is 1.96. The molecule has 1 fully saturated rings. The first-order valence-electron chi connectivity index (χ1n) is 6.69. The third-order valence-electron chi connectivity index (χ3n) is 3.44. The second-order valence-corrected chi connectivity index (χ2v) is 7.67. The van der Waals surface area contributed by atoms with Crippen LogP contribution in [0.5, 0.6) is 0 Å². The molecule has 20 heavy (non-hydrogen) atoms. The minimum atomic E-state index is -3.53. The molecule has 0 bridgehead atoms. The molecule has 7 heteroatoms. The third kappa shape index (κ3) is 3.11. The van der Waals surface area contributed by atoms with Gasteiger partial charge in [0.2, 0.25) is 0 Å². The molecule has 1 aromatic heterocycles. The van der Waals surface area contributed by atoms with Gasteiger partial charge in [-0.25, -0.2) is 9.71 Å². The van der Waals surface area contributed by atoms with Crippen molar-refractivity contribution in [3.05, 3.63) is 23.8 Å². The lowest BCUT2D eigenvalue weighted by Gasteiger charge is -2.12. The van der Waals surface area contributed by atoms with E-state index in [0.717, 1.165) is 41.5 Å². The molecular formula is C13H17N3O2S2. The molecule has 0 amide bonds. The van der Waals surface area contributed by atoms with Crippen molar-refractivity contribution in [2.24, 2.45) is 0 Å². The highest BCUT2D eigenvalue weighted by molar-refractivity contribution is 7.91. The molecule has 108 valence electrons. The Kier molecular flexibility index (Phi) is 3.66. The highest BCUT2D eigenvalue weighted by atomic mass is 32.2. The van der Waals surface area contributed by atoms with Crippen LogP contribution in [0.15, 0.2) is 18.2 Å². The molecule has 1 aliphatic carbocycles. The number of anilines is 1. The number of hydrogen-bond donors (Lipinski definition) is 2. The van der Waals surface area contributed by atoms with E-state index in [1.807, 2.05) is 25.1 Å². The summed E-state index contributed by atoms with van der Waals surface area (Å²) in [5.74, 6) is 0. The molecule has 5 nitrogen and oxygen atoms in total. The minimum Gasteiger partial charge on any atom is -0.246 e. The number of nitrogens with zero attached hydrogens (tertiary/aromatic N) is 1. The number of hydrogen-bond acceptors (Lipinski definition) is 4. The molecule has 1 aliphatic rings. The molecule has 1 saturated carbocycles. The van der Waals surface area contributed by atoms with Crippen molar-refractivity contribution in [1.82, 2.24) is 9.71 Å². The average Bonchev–Trinajstić information content (AvgIpc) is 2.96. The molecule has 3 rings (SSSR count). The van der Waals surface area contributed by atoms with Crippen LogP contribution >= 0.6 is 11.3 Å². The second-order valence-electron chi connectivity index (χ2n) is 5.19. The van der Waals surface area contributed by atoms with Gasteiger partial charge in [0.15, 0.2) is 5.13 Å². The Labute approximate surface area is 122 Å². The first-order chi connectivity index (χ1) is 9.52. The highest BCUT2D eigenvalue weighted by Gasteiger charge is 2.22. The molecule has 0 spiro atoms. The van der Waals surface area contributed by atoms with E-state index in [2.05, 4.69) is 14.4 Å². The van der Waals surface area contributed by atoms with E-state index in [1.54, 1.807) is 0 Å². The number of fused-ring (bicyclic) bond motifs is 1. The maximum absolute atomic E-state index is 12.0. The Balaban J connectivity index is 1.77. The van der Waals surface area contributed by atoms with Gasteiger partial charge in [-0.05, 0) is 37.5 Å². The summed E-state index contributed by atoms with van der Waals surface area (Å²) in [5, 5.41) is 0.413. The largest absolute Gasteiger partial charge is 0.301 e. The normalized spacial score (nSPS) is 16.9. The Morgan fingerprint density at radius 2 is 2.05 bits per heavy atom. The molecule has 1 heterocycles. The van der Waals surface area contributed by atoms with Gasteiger partial charge in [0, 0.05) is 6.04 Å². The van der Waals surface area contributed by atoms with Crippen molar-refractivity contribution in [2.45, 2.75) is 38.6 Å². The van der Waals surface area contributed by atoms with Crippen molar-refractivity contribution in [1.29, 1.82) is 0 Å². The van der Waals surface area contributed by atoms with Crippen LogP contribution in [-0.2, 0) is 10.2 Å². The fourth-order valence-electron chi connectivity index (χ4n) is 2.48. The fraction of sp³-hybridized carbons (Fsp3) is 0.462. The topological polar surface area (TPSA) is 71.1 Å². The SMILES string of the molecule is Cc1ccc2nc(NS(=O)(=O)NC3CCCC3)sc2c1. The maximum Gasteiger partial charge on any atom is 0.301 e. The van der Waals surface area contributed by atoms with Crippen molar-refractivity contribution in [3.63, 3.8) is 0 Å². The lowest BCUT2D eigenvalue weighted by Crippen LogP contribution is -2.36. The summed E-state index contributed by atoms with van der Waals surface area (Å²) in [6.07, 6.45) is 4.01. The molecule has 0 unspecified atom stereocenters. The van der Waals surface area contributed by atoms with Gasteiger partial charge in [0.25, 0.3) is 0 Å². The van der Waals surface area contributed by atoms with Gasteiger partial charge in [0.05, 0.1) is 10.2 Å². The number of benzene rings is 1. The zero-order chi connectivity index (χ0) is 14.2. The van der Waals surface area contributed by atoms with E-state index < -0.39 is 10.2 Å². The molecule has 0 saturated heterocycles. The van der Waals surface area contributed by atoms with Crippen LogP contribution in [0.25, 0.3) is 10.2 Å². The van der Waals surface area contributed by atoms with E-state index in [-0.39, 0.29) is 6.04 Å². The summed E-state index contributed by atoms with van der Waals surface area (Å²) in [6.45, 7) is 2.00. The molecule has 0 atom stereocenters. The molecule has 2 N–H and O–H groups in total.